The minimum atomic E-state index is -0.985. The van der Waals surface area contributed by atoms with Gasteiger partial charge in [0, 0.05) is 11.3 Å². The van der Waals surface area contributed by atoms with Crippen molar-refractivity contribution in [3.8, 4) is 17.2 Å². The summed E-state index contributed by atoms with van der Waals surface area (Å²) in [6, 6.07) is 16.9. The molecular weight excluding hydrogens is 478 g/mol. The maximum atomic E-state index is 13.3. The van der Waals surface area contributed by atoms with Gasteiger partial charge in [0.15, 0.2) is 11.5 Å². The maximum Gasteiger partial charge on any atom is 0.307 e. The molecule has 3 aromatic rings. The number of aliphatic hydroxyl groups is 1. The van der Waals surface area contributed by atoms with Crippen molar-refractivity contribution in [2.75, 3.05) is 26.2 Å². The van der Waals surface area contributed by atoms with E-state index in [-0.39, 0.29) is 23.3 Å². The van der Waals surface area contributed by atoms with Gasteiger partial charge in [0.05, 0.1) is 39.4 Å². The molecule has 0 saturated carbocycles. The predicted octanol–water partition coefficient (Wildman–Crippen LogP) is 3.97. The van der Waals surface area contributed by atoms with Gasteiger partial charge in [0.25, 0.3) is 11.7 Å². The average Bonchev–Trinajstić information content (AvgIpc) is 3.18. The fraction of sp³-hybridized carbons (Fsp3) is 0.179. The number of hydrogen-bond donors (Lipinski definition) is 2. The molecule has 190 valence electrons. The van der Waals surface area contributed by atoms with E-state index in [1.807, 2.05) is 0 Å². The van der Waals surface area contributed by atoms with Gasteiger partial charge in [-0.1, -0.05) is 24.3 Å². The van der Waals surface area contributed by atoms with Gasteiger partial charge in [-0.15, -0.1) is 0 Å². The average molecular weight is 504 g/mol. The number of benzene rings is 3. The minimum absolute atomic E-state index is 0.100. The molecule has 4 rings (SSSR count). The maximum absolute atomic E-state index is 13.3. The van der Waals surface area contributed by atoms with Crippen molar-refractivity contribution in [3.05, 3.63) is 89.0 Å². The Kier molecular flexibility index (Phi) is 7.15. The Bertz CT molecular complexity index is 1380. The van der Waals surface area contributed by atoms with Crippen molar-refractivity contribution in [1.82, 2.24) is 0 Å². The fourth-order valence-electron chi connectivity index (χ4n) is 4.29. The van der Waals surface area contributed by atoms with Crippen LogP contribution in [0.4, 0.5) is 5.69 Å². The first kappa shape index (κ1) is 25.3. The zero-order valence-corrected chi connectivity index (χ0v) is 20.4. The van der Waals surface area contributed by atoms with Crippen LogP contribution in [0.5, 0.6) is 17.2 Å². The van der Waals surface area contributed by atoms with E-state index in [1.165, 1.54) is 32.3 Å². The summed E-state index contributed by atoms with van der Waals surface area (Å²) in [6.45, 7) is 0. The quantitative estimate of drug-likeness (QED) is 0.269. The molecule has 0 radical (unpaired) electrons. The molecular formula is C28H25NO8. The molecule has 3 aromatic carbocycles. The van der Waals surface area contributed by atoms with Gasteiger partial charge in [-0.25, -0.2) is 0 Å². The number of hydrogen-bond acceptors (Lipinski definition) is 7. The Hall–Kier alpha value is -4.79. The number of Topliss-reactive ketones (excluding diaryl/α,β-unsaturated/α-hetero) is 1. The highest BCUT2D eigenvalue weighted by molar-refractivity contribution is 6.51. The normalized spacial score (nSPS) is 16.5. The number of carbonyl (C=O) groups is 3. The molecule has 1 saturated heterocycles. The number of anilines is 1. The van der Waals surface area contributed by atoms with Gasteiger partial charge in [-0.2, -0.15) is 0 Å². The zero-order valence-electron chi connectivity index (χ0n) is 20.4. The van der Waals surface area contributed by atoms with Crippen molar-refractivity contribution < 1.29 is 38.8 Å². The van der Waals surface area contributed by atoms with Crippen molar-refractivity contribution >= 4 is 29.1 Å². The molecule has 1 fully saturated rings. The summed E-state index contributed by atoms with van der Waals surface area (Å²) in [5.74, 6) is -1.68. The van der Waals surface area contributed by atoms with Crippen LogP contribution in [0.2, 0.25) is 0 Å². The van der Waals surface area contributed by atoms with Crippen molar-refractivity contribution in [3.63, 3.8) is 0 Å². The summed E-state index contributed by atoms with van der Waals surface area (Å²) in [5.41, 5.74) is 1.65. The summed E-state index contributed by atoms with van der Waals surface area (Å²) in [6.07, 6.45) is -0.180. The van der Waals surface area contributed by atoms with E-state index in [0.29, 0.717) is 34.1 Å². The van der Waals surface area contributed by atoms with Crippen LogP contribution in [-0.4, -0.2) is 49.2 Å². The van der Waals surface area contributed by atoms with Gasteiger partial charge in [-0.05, 0) is 53.6 Å². The monoisotopic (exact) mass is 503 g/mol. The summed E-state index contributed by atoms with van der Waals surface area (Å²) < 4.78 is 15.8. The Labute approximate surface area is 213 Å². The van der Waals surface area contributed by atoms with Crippen LogP contribution in [0.1, 0.15) is 22.7 Å². The lowest BCUT2D eigenvalue weighted by Crippen LogP contribution is -2.29. The number of aliphatic carboxylic acids is 1. The van der Waals surface area contributed by atoms with Crippen LogP contribution in [0.3, 0.4) is 0 Å². The van der Waals surface area contributed by atoms with Gasteiger partial charge in [0.2, 0.25) is 0 Å². The number of rotatable bonds is 8. The van der Waals surface area contributed by atoms with E-state index < -0.39 is 23.7 Å². The first-order valence-corrected chi connectivity index (χ1v) is 11.3. The predicted molar refractivity (Wildman–Crippen MR) is 135 cm³/mol. The van der Waals surface area contributed by atoms with Gasteiger partial charge >= 0.3 is 5.97 Å². The van der Waals surface area contributed by atoms with E-state index in [0.717, 1.165) is 0 Å². The number of nitrogens with zero attached hydrogens (tertiary/aromatic N) is 1. The van der Waals surface area contributed by atoms with Crippen LogP contribution in [0.25, 0.3) is 5.76 Å². The molecule has 1 aliphatic heterocycles. The third kappa shape index (κ3) is 4.84. The molecule has 1 atom stereocenters. The summed E-state index contributed by atoms with van der Waals surface area (Å²) >= 11 is 0. The number of carboxylic acids is 1. The molecule has 0 aliphatic carbocycles. The van der Waals surface area contributed by atoms with Crippen LogP contribution in [0.15, 0.2) is 72.3 Å². The van der Waals surface area contributed by atoms with Gasteiger partial charge in [-0.3, -0.25) is 19.3 Å². The largest absolute Gasteiger partial charge is 0.507 e. The lowest BCUT2D eigenvalue weighted by Gasteiger charge is -2.26. The Morgan fingerprint density at radius 2 is 1.49 bits per heavy atom. The number of ketones is 1. The molecule has 0 bridgehead atoms. The number of amides is 1. The SMILES string of the molecule is COc1ccc(C2/C(=C(/O)c3ccc(OC)c(OC)c3)C(=O)C(=O)N2c2ccc(CC(=O)O)cc2)cc1. The highest BCUT2D eigenvalue weighted by atomic mass is 16.5. The smallest absolute Gasteiger partial charge is 0.307 e. The second-order valence-electron chi connectivity index (χ2n) is 8.25. The first-order valence-electron chi connectivity index (χ1n) is 11.3. The van der Waals surface area contributed by atoms with Crippen LogP contribution >= 0.6 is 0 Å². The van der Waals surface area contributed by atoms with Crippen LogP contribution in [0, 0.1) is 0 Å². The number of ether oxygens (including phenoxy) is 3. The molecule has 1 amide bonds. The van der Waals surface area contributed by atoms with Crippen molar-refractivity contribution in [2.24, 2.45) is 0 Å². The second-order valence-corrected chi connectivity index (χ2v) is 8.25. The Morgan fingerprint density at radius 1 is 0.838 bits per heavy atom. The van der Waals surface area contributed by atoms with Crippen LogP contribution < -0.4 is 19.1 Å². The zero-order chi connectivity index (χ0) is 26.7. The van der Waals surface area contributed by atoms with Gasteiger partial charge < -0.3 is 24.4 Å². The number of aliphatic hydroxyl groups excluding tert-OH is 1. The second kappa shape index (κ2) is 10.4. The number of carboxylic acid groups (broad SMARTS) is 1. The first-order chi connectivity index (χ1) is 17.8. The molecule has 9 nitrogen and oxygen atoms in total. The van der Waals surface area contributed by atoms with E-state index in [1.54, 1.807) is 60.7 Å². The number of methoxy groups -OCH3 is 3. The summed E-state index contributed by atoms with van der Waals surface area (Å²) in [4.78, 5) is 39.0. The third-order valence-electron chi connectivity index (χ3n) is 6.10. The van der Waals surface area contributed by atoms with E-state index in [2.05, 4.69) is 0 Å². The highest BCUT2D eigenvalue weighted by Gasteiger charge is 2.47. The van der Waals surface area contributed by atoms with E-state index >= 15 is 0 Å². The van der Waals surface area contributed by atoms with Crippen LogP contribution in [-0.2, 0) is 20.8 Å². The summed E-state index contributed by atoms with van der Waals surface area (Å²) in [5, 5.41) is 20.4. The molecule has 1 aliphatic rings. The van der Waals surface area contributed by atoms with E-state index in [9.17, 15) is 19.5 Å². The molecule has 1 heterocycles. The number of carbonyl (C=O) groups excluding carboxylic acids is 2. The molecule has 0 spiro atoms. The van der Waals surface area contributed by atoms with Crippen molar-refractivity contribution in [1.29, 1.82) is 0 Å². The highest BCUT2D eigenvalue weighted by Crippen LogP contribution is 2.43. The van der Waals surface area contributed by atoms with Gasteiger partial charge in [0.1, 0.15) is 11.5 Å². The lowest BCUT2D eigenvalue weighted by molar-refractivity contribution is -0.136. The summed E-state index contributed by atoms with van der Waals surface area (Å²) in [7, 11) is 4.46. The fourth-order valence-corrected chi connectivity index (χ4v) is 4.29. The third-order valence-corrected chi connectivity index (χ3v) is 6.10. The topological polar surface area (TPSA) is 123 Å². The lowest BCUT2D eigenvalue weighted by atomic mass is 9.95. The minimum Gasteiger partial charge on any atom is -0.507 e. The molecule has 1 unspecified atom stereocenters. The standard InChI is InChI=1S/C28H25NO8/c1-35-20-11-6-17(7-12-20)25-24(26(32)18-8-13-21(36-2)22(15-18)37-3)27(33)28(34)29(25)19-9-4-16(5-10-19)14-23(30)31/h4-13,15,25,32H,14H2,1-3H3,(H,30,31)/b26-24-. The Balaban J connectivity index is 1.88. The molecule has 2 N–H and O–H groups in total. The van der Waals surface area contributed by atoms with E-state index in [4.69, 9.17) is 19.3 Å². The van der Waals surface area contributed by atoms with Crippen molar-refractivity contribution in [2.45, 2.75) is 12.5 Å². The molecule has 0 aromatic heterocycles. The molecule has 9 heteroatoms. The molecule has 37 heavy (non-hydrogen) atoms. The Morgan fingerprint density at radius 3 is 2.05 bits per heavy atom.